The van der Waals surface area contributed by atoms with Crippen LogP contribution in [0.4, 0.5) is 11.4 Å². The molecule has 6 nitrogen and oxygen atoms in total. The fraction of sp³-hybridized carbons (Fsp3) is 0.150. The van der Waals surface area contributed by atoms with E-state index in [1.165, 1.54) is 12.1 Å². The van der Waals surface area contributed by atoms with Crippen LogP contribution in [0, 0.1) is 0 Å². The van der Waals surface area contributed by atoms with Crippen LogP contribution in [0.3, 0.4) is 0 Å². The SMILES string of the molecule is CC(c1ccccc1)n1ccc(C(=O)Nc2cc(Cl)cc(NS(C)(=O)=O)c2)c1. The highest BCUT2D eigenvalue weighted by Crippen LogP contribution is 2.24. The van der Waals surface area contributed by atoms with Gasteiger partial charge in [-0.3, -0.25) is 9.52 Å². The van der Waals surface area contributed by atoms with E-state index >= 15 is 0 Å². The van der Waals surface area contributed by atoms with Crippen LogP contribution in [0.5, 0.6) is 0 Å². The molecule has 0 aliphatic carbocycles. The lowest BCUT2D eigenvalue weighted by molar-refractivity contribution is 0.102. The monoisotopic (exact) mass is 417 g/mol. The number of carbonyl (C=O) groups excluding carboxylic acids is 1. The molecule has 28 heavy (non-hydrogen) atoms. The van der Waals surface area contributed by atoms with Crippen molar-refractivity contribution in [1.29, 1.82) is 0 Å². The number of amides is 1. The number of sulfonamides is 1. The molecule has 146 valence electrons. The van der Waals surface area contributed by atoms with Gasteiger partial charge in [-0.05, 0) is 36.8 Å². The molecule has 0 aliphatic rings. The first-order chi connectivity index (χ1) is 13.2. The van der Waals surface area contributed by atoms with E-state index in [4.69, 9.17) is 11.6 Å². The van der Waals surface area contributed by atoms with Gasteiger partial charge in [-0.15, -0.1) is 0 Å². The average molecular weight is 418 g/mol. The standard InChI is InChI=1S/C20H20ClN3O3S/c1-14(15-6-4-3-5-7-15)24-9-8-16(13-24)20(25)22-18-10-17(21)11-19(12-18)23-28(2,26)27/h3-14,23H,1-2H3,(H,22,25). The molecule has 1 unspecified atom stereocenters. The van der Waals surface area contributed by atoms with E-state index in [-0.39, 0.29) is 17.6 Å². The van der Waals surface area contributed by atoms with Crippen LogP contribution in [0.2, 0.25) is 5.02 Å². The minimum absolute atomic E-state index is 0.0829. The Balaban J connectivity index is 1.76. The summed E-state index contributed by atoms with van der Waals surface area (Å²) in [6, 6.07) is 16.3. The number of nitrogens with zero attached hydrogens (tertiary/aromatic N) is 1. The van der Waals surface area contributed by atoms with Crippen molar-refractivity contribution in [3.05, 3.63) is 83.1 Å². The van der Waals surface area contributed by atoms with Crippen molar-refractivity contribution in [3.63, 3.8) is 0 Å². The van der Waals surface area contributed by atoms with Crippen molar-refractivity contribution in [1.82, 2.24) is 4.57 Å². The summed E-state index contributed by atoms with van der Waals surface area (Å²) in [4.78, 5) is 12.6. The van der Waals surface area contributed by atoms with Crippen LogP contribution in [-0.2, 0) is 10.0 Å². The highest BCUT2D eigenvalue weighted by molar-refractivity contribution is 7.92. The number of nitrogens with one attached hydrogen (secondary N) is 2. The predicted octanol–water partition coefficient (Wildman–Crippen LogP) is 4.37. The number of aromatic nitrogens is 1. The van der Waals surface area contributed by atoms with Crippen LogP contribution in [0.15, 0.2) is 67.0 Å². The molecule has 2 aromatic carbocycles. The smallest absolute Gasteiger partial charge is 0.257 e. The summed E-state index contributed by atoms with van der Waals surface area (Å²) in [5, 5.41) is 3.05. The molecule has 0 fully saturated rings. The van der Waals surface area contributed by atoms with Gasteiger partial charge in [-0.25, -0.2) is 8.42 Å². The van der Waals surface area contributed by atoms with Crippen molar-refractivity contribution in [2.45, 2.75) is 13.0 Å². The molecule has 0 saturated carbocycles. The Labute approximate surface area is 169 Å². The molecule has 0 saturated heterocycles. The fourth-order valence-electron chi connectivity index (χ4n) is 2.83. The number of hydrogen-bond donors (Lipinski definition) is 2. The van der Waals surface area contributed by atoms with Crippen molar-refractivity contribution in [3.8, 4) is 0 Å². The van der Waals surface area contributed by atoms with Crippen LogP contribution in [-0.4, -0.2) is 25.1 Å². The number of rotatable bonds is 6. The van der Waals surface area contributed by atoms with Gasteiger partial charge in [0.2, 0.25) is 10.0 Å². The highest BCUT2D eigenvalue weighted by Gasteiger charge is 2.13. The van der Waals surface area contributed by atoms with E-state index in [0.717, 1.165) is 11.8 Å². The Kier molecular flexibility index (Phi) is 5.76. The first kappa shape index (κ1) is 20.0. The maximum Gasteiger partial charge on any atom is 0.257 e. The quantitative estimate of drug-likeness (QED) is 0.624. The number of carbonyl (C=O) groups is 1. The number of hydrogen-bond acceptors (Lipinski definition) is 3. The number of halogens is 1. The average Bonchev–Trinajstić information content (AvgIpc) is 3.10. The van der Waals surface area contributed by atoms with E-state index in [1.807, 2.05) is 41.1 Å². The molecule has 1 amide bonds. The highest BCUT2D eigenvalue weighted by atomic mass is 35.5. The molecule has 3 aromatic rings. The molecule has 8 heteroatoms. The molecule has 2 N–H and O–H groups in total. The predicted molar refractivity (Wildman–Crippen MR) is 113 cm³/mol. The number of anilines is 2. The largest absolute Gasteiger partial charge is 0.346 e. The summed E-state index contributed by atoms with van der Waals surface area (Å²) in [5.41, 5.74) is 2.30. The molecular weight excluding hydrogens is 398 g/mol. The molecule has 1 atom stereocenters. The first-order valence-corrected chi connectivity index (χ1v) is 10.8. The van der Waals surface area contributed by atoms with E-state index in [1.54, 1.807) is 18.3 Å². The zero-order valence-corrected chi connectivity index (χ0v) is 17.0. The van der Waals surface area contributed by atoms with Gasteiger partial charge in [-0.2, -0.15) is 0 Å². The molecule has 1 heterocycles. The van der Waals surface area contributed by atoms with Gasteiger partial charge in [0, 0.05) is 23.1 Å². The van der Waals surface area contributed by atoms with E-state index in [0.29, 0.717) is 16.3 Å². The molecule has 0 spiro atoms. The van der Waals surface area contributed by atoms with Gasteiger partial charge in [0.15, 0.2) is 0 Å². The molecule has 1 aromatic heterocycles. The molecule has 3 rings (SSSR count). The molecule has 0 radical (unpaired) electrons. The van der Waals surface area contributed by atoms with Gasteiger partial charge >= 0.3 is 0 Å². The minimum Gasteiger partial charge on any atom is -0.346 e. The maximum absolute atomic E-state index is 12.6. The van der Waals surface area contributed by atoms with Crippen molar-refractivity contribution in [2.75, 3.05) is 16.3 Å². The maximum atomic E-state index is 12.6. The zero-order chi connectivity index (χ0) is 20.3. The van der Waals surface area contributed by atoms with Crippen LogP contribution < -0.4 is 10.0 Å². The third-order valence-corrected chi connectivity index (χ3v) is 4.99. The summed E-state index contributed by atoms with van der Waals surface area (Å²) in [6.07, 6.45) is 4.66. The first-order valence-electron chi connectivity index (χ1n) is 8.53. The Morgan fingerprint density at radius 1 is 1.07 bits per heavy atom. The minimum atomic E-state index is -3.45. The van der Waals surface area contributed by atoms with Gasteiger partial charge in [0.1, 0.15) is 0 Å². The topological polar surface area (TPSA) is 80.2 Å². The summed E-state index contributed by atoms with van der Waals surface area (Å²) in [7, 11) is -3.45. The van der Waals surface area contributed by atoms with Crippen molar-refractivity contribution in [2.24, 2.45) is 0 Å². The second-order valence-corrected chi connectivity index (χ2v) is 8.68. The lowest BCUT2D eigenvalue weighted by Gasteiger charge is -2.14. The van der Waals surface area contributed by atoms with Crippen LogP contribution >= 0.6 is 11.6 Å². The molecular formula is C20H20ClN3O3S. The van der Waals surface area contributed by atoms with E-state index in [9.17, 15) is 13.2 Å². The van der Waals surface area contributed by atoms with Crippen LogP contribution in [0.25, 0.3) is 0 Å². The second kappa shape index (κ2) is 8.08. The third-order valence-electron chi connectivity index (χ3n) is 4.16. The Bertz CT molecular complexity index is 1090. The van der Waals surface area contributed by atoms with Crippen LogP contribution in [0.1, 0.15) is 28.9 Å². The Hall–Kier alpha value is -2.77. The summed E-state index contributed by atoms with van der Waals surface area (Å²) < 4.78 is 27.1. The van der Waals surface area contributed by atoms with Gasteiger partial charge in [0.05, 0.1) is 23.5 Å². The zero-order valence-electron chi connectivity index (χ0n) is 15.4. The van der Waals surface area contributed by atoms with Gasteiger partial charge in [0.25, 0.3) is 5.91 Å². The number of benzene rings is 2. The van der Waals surface area contributed by atoms with Crippen molar-refractivity contribution < 1.29 is 13.2 Å². The third kappa shape index (κ3) is 5.15. The summed E-state index contributed by atoms with van der Waals surface area (Å²) in [6.45, 7) is 2.05. The Morgan fingerprint density at radius 3 is 2.43 bits per heavy atom. The van der Waals surface area contributed by atoms with E-state index in [2.05, 4.69) is 17.0 Å². The fourth-order valence-corrected chi connectivity index (χ4v) is 3.61. The van der Waals surface area contributed by atoms with Crippen molar-refractivity contribution >= 4 is 38.9 Å². The van der Waals surface area contributed by atoms with Gasteiger partial charge < -0.3 is 9.88 Å². The normalized spacial score (nSPS) is 12.4. The lowest BCUT2D eigenvalue weighted by Crippen LogP contribution is -2.13. The lowest BCUT2D eigenvalue weighted by atomic mass is 10.1. The van der Waals surface area contributed by atoms with E-state index < -0.39 is 10.0 Å². The second-order valence-electron chi connectivity index (χ2n) is 6.49. The Morgan fingerprint density at radius 2 is 1.75 bits per heavy atom. The molecule has 0 bridgehead atoms. The van der Waals surface area contributed by atoms with Gasteiger partial charge in [-0.1, -0.05) is 41.9 Å². The summed E-state index contributed by atoms with van der Waals surface area (Å²) in [5.74, 6) is -0.313. The molecule has 0 aliphatic heterocycles. The summed E-state index contributed by atoms with van der Waals surface area (Å²) >= 11 is 6.03.